The fourth-order valence-electron chi connectivity index (χ4n) is 2.22. The highest BCUT2D eigenvalue weighted by molar-refractivity contribution is 9.10. The maximum atomic E-state index is 13.7. The average molecular weight is 352 g/mol. The van der Waals surface area contributed by atoms with Gasteiger partial charge < -0.3 is 4.74 Å². The third-order valence-corrected chi connectivity index (χ3v) is 4.79. The molecule has 0 bridgehead atoms. The van der Waals surface area contributed by atoms with Crippen molar-refractivity contribution in [3.8, 4) is 5.75 Å². The van der Waals surface area contributed by atoms with Crippen LogP contribution in [0.15, 0.2) is 21.5 Å². The lowest BCUT2D eigenvalue weighted by Gasteiger charge is -2.13. The van der Waals surface area contributed by atoms with E-state index < -0.39 is 20.7 Å². The summed E-state index contributed by atoms with van der Waals surface area (Å²) in [5.41, 5.74) is 0. The van der Waals surface area contributed by atoms with Crippen LogP contribution in [0.4, 0.5) is 4.39 Å². The molecule has 1 aliphatic rings. The molecule has 0 spiro atoms. The smallest absolute Gasteiger partial charge is 0.241 e. The summed E-state index contributed by atoms with van der Waals surface area (Å²) in [6.45, 7) is 0.521. The number of hydrogen-bond donors (Lipinski definition) is 1. The molecule has 1 saturated carbocycles. The van der Waals surface area contributed by atoms with Gasteiger partial charge in [-0.1, -0.05) is 12.8 Å². The molecular formula is C12H15BrFNO3S. The molecule has 0 atom stereocenters. The van der Waals surface area contributed by atoms with Crippen LogP contribution in [-0.4, -0.2) is 15.0 Å². The van der Waals surface area contributed by atoms with E-state index in [0.717, 1.165) is 25.0 Å². The molecule has 1 aliphatic carbocycles. The van der Waals surface area contributed by atoms with Crippen LogP contribution in [0.3, 0.4) is 0 Å². The van der Waals surface area contributed by atoms with Crippen molar-refractivity contribution in [2.75, 3.05) is 6.61 Å². The summed E-state index contributed by atoms with van der Waals surface area (Å²) < 4.78 is 41.9. The first-order chi connectivity index (χ1) is 8.88. The van der Waals surface area contributed by atoms with Crippen LogP contribution in [0.1, 0.15) is 25.7 Å². The Balaban J connectivity index is 2.16. The van der Waals surface area contributed by atoms with Crippen LogP contribution < -0.4 is 9.88 Å². The number of hydrogen-bond acceptors (Lipinski definition) is 3. The standard InChI is InChI=1S/C12H15BrFNO3S/c13-9-5-12(19(15,16)17)10(14)6-11(9)18-7-8-3-1-2-4-8/h5-6,8H,1-4,7H2,(H2,15,16,17). The average Bonchev–Trinajstić information content (AvgIpc) is 2.81. The number of ether oxygens (including phenoxy) is 1. The molecule has 1 fully saturated rings. The van der Waals surface area contributed by atoms with Crippen molar-refractivity contribution in [2.24, 2.45) is 11.1 Å². The molecule has 2 rings (SSSR count). The number of rotatable bonds is 4. The molecule has 19 heavy (non-hydrogen) atoms. The van der Waals surface area contributed by atoms with Gasteiger partial charge in [-0.25, -0.2) is 17.9 Å². The zero-order valence-electron chi connectivity index (χ0n) is 10.2. The Morgan fingerprint density at radius 2 is 2.00 bits per heavy atom. The summed E-state index contributed by atoms with van der Waals surface area (Å²) in [6.07, 6.45) is 4.65. The number of nitrogens with two attached hydrogens (primary N) is 1. The van der Waals surface area contributed by atoms with E-state index in [1.807, 2.05) is 0 Å². The van der Waals surface area contributed by atoms with Crippen LogP contribution in [0.25, 0.3) is 0 Å². The minimum Gasteiger partial charge on any atom is -0.492 e. The van der Waals surface area contributed by atoms with Crippen molar-refractivity contribution in [3.63, 3.8) is 0 Å². The van der Waals surface area contributed by atoms with Crippen LogP contribution >= 0.6 is 15.9 Å². The first-order valence-electron chi connectivity index (χ1n) is 6.02. The van der Waals surface area contributed by atoms with Gasteiger partial charge in [-0.15, -0.1) is 0 Å². The van der Waals surface area contributed by atoms with Crippen molar-refractivity contribution < 1.29 is 17.5 Å². The maximum absolute atomic E-state index is 13.7. The maximum Gasteiger partial charge on any atom is 0.241 e. The van der Waals surface area contributed by atoms with Gasteiger partial charge in [0.15, 0.2) is 0 Å². The van der Waals surface area contributed by atoms with Crippen molar-refractivity contribution in [1.29, 1.82) is 0 Å². The van der Waals surface area contributed by atoms with E-state index in [-0.39, 0.29) is 0 Å². The minimum atomic E-state index is -4.06. The lowest BCUT2D eigenvalue weighted by atomic mass is 10.1. The third kappa shape index (κ3) is 3.67. The summed E-state index contributed by atoms with van der Waals surface area (Å²) in [7, 11) is -4.06. The third-order valence-electron chi connectivity index (χ3n) is 3.24. The Morgan fingerprint density at radius 3 is 2.58 bits per heavy atom. The quantitative estimate of drug-likeness (QED) is 0.906. The van der Waals surface area contributed by atoms with Gasteiger partial charge in [0.2, 0.25) is 10.0 Å². The molecule has 0 unspecified atom stereocenters. The summed E-state index contributed by atoms with van der Waals surface area (Å²) in [4.78, 5) is -0.535. The second-order valence-electron chi connectivity index (χ2n) is 4.72. The van der Waals surface area contributed by atoms with Crippen LogP contribution in [-0.2, 0) is 10.0 Å². The van der Waals surface area contributed by atoms with Crippen molar-refractivity contribution in [1.82, 2.24) is 0 Å². The van der Waals surface area contributed by atoms with Crippen LogP contribution in [0.2, 0.25) is 0 Å². The number of halogens is 2. The second kappa shape index (κ2) is 5.76. The summed E-state index contributed by atoms with van der Waals surface area (Å²) in [5, 5.41) is 4.92. The topological polar surface area (TPSA) is 69.4 Å². The summed E-state index contributed by atoms with van der Waals surface area (Å²) in [6, 6.07) is 2.19. The van der Waals surface area contributed by atoms with Gasteiger partial charge in [-0.3, -0.25) is 0 Å². The van der Waals surface area contributed by atoms with E-state index in [1.54, 1.807) is 0 Å². The Hall–Kier alpha value is -0.660. The Labute approximate surface area is 120 Å². The molecular weight excluding hydrogens is 337 g/mol. The Bertz CT molecular complexity index is 571. The number of sulfonamides is 1. The van der Waals surface area contributed by atoms with E-state index in [0.29, 0.717) is 22.7 Å². The number of benzene rings is 1. The monoisotopic (exact) mass is 351 g/mol. The van der Waals surface area contributed by atoms with Crippen molar-refractivity contribution >= 4 is 26.0 Å². The first kappa shape index (κ1) is 14.7. The normalized spacial score (nSPS) is 16.8. The van der Waals surface area contributed by atoms with E-state index in [1.165, 1.54) is 12.8 Å². The highest BCUT2D eigenvalue weighted by Gasteiger charge is 2.20. The van der Waals surface area contributed by atoms with Gasteiger partial charge in [-0.2, -0.15) is 0 Å². The Kier molecular flexibility index (Phi) is 4.47. The lowest BCUT2D eigenvalue weighted by molar-refractivity contribution is 0.249. The number of primary sulfonamides is 1. The zero-order valence-corrected chi connectivity index (χ0v) is 12.6. The highest BCUT2D eigenvalue weighted by Crippen LogP contribution is 2.32. The summed E-state index contributed by atoms with van der Waals surface area (Å²) >= 11 is 3.17. The van der Waals surface area contributed by atoms with Gasteiger partial charge in [-0.05, 0) is 40.8 Å². The molecule has 1 aromatic carbocycles. The van der Waals surface area contributed by atoms with E-state index in [4.69, 9.17) is 9.88 Å². The SMILES string of the molecule is NS(=O)(=O)c1cc(Br)c(OCC2CCCC2)cc1F. The van der Waals surface area contributed by atoms with Gasteiger partial charge in [0, 0.05) is 6.07 Å². The molecule has 2 N–H and O–H groups in total. The minimum absolute atomic E-state index is 0.303. The van der Waals surface area contributed by atoms with Gasteiger partial charge in [0.05, 0.1) is 11.1 Å². The molecule has 0 aromatic heterocycles. The first-order valence-corrected chi connectivity index (χ1v) is 8.36. The Morgan fingerprint density at radius 1 is 1.37 bits per heavy atom. The van der Waals surface area contributed by atoms with E-state index in [2.05, 4.69) is 15.9 Å². The second-order valence-corrected chi connectivity index (χ2v) is 7.10. The fourth-order valence-corrected chi connectivity index (χ4v) is 3.45. The largest absolute Gasteiger partial charge is 0.492 e. The van der Waals surface area contributed by atoms with E-state index >= 15 is 0 Å². The molecule has 1 aromatic rings. The van der Waals surface area contributed by atoms with Gasteiger partial charge in [0.25, 0.3) is 0 Å². The molecule has 4 nitrogen and oxygen atoms in total. The van der Waals surface area contributed by atoms with Crippen LogP contribution in [0, 0.1) is 11.7 Å². The van der Waals surface area contributed by atoms with Gasteiger partial charge >= 0.3 is 0 Å². The predicted molar refractivity (Wildman–Crippen MR) is 72.9 cm³/mol. The predicted octanol–water partition coefficient (Wildman–Crippen LogP) is 2.80. The molecule has 0 heterocycles. The molecule has 0 saturated heterocycles. The lowest BCUT2D eigenvalue weighted by Crippen LogP contribution is -2.15. The fraction of sp³-hybridized carbons (Fsp3) is 0.500. The summed E-state index contributed by atoms with van der Waals surface area (Å²) in [5.74, 6) is -0.100. The molecule has 0 amide bonds. The van der Waals surface area contributed by atoms with Crippen LogP contribution in [0.5, 0.6) is 5.75 Å². The van der Waals surface area contributed by atoms with E-state index in [9.17, 15) is 12.8 Å². The molecule has 0 radical (unpaired) electrons. The van der Waals surface area contributed by atoms with Crippen molar-refractivity contribution in [3.05, 3.63) is 22.4 Å². The highest BCUT2D eigenvalue weighted by atomic mass is 79.9. The zero-order chi connectivity index (χ0) is 14.0. The van der Waals surface area contributed by atoms with Gasteiger partial charge in [0.1, 0.15) is 16.5 Å². The van der Waals surface area contributed by atoms with Crippen molar-refractivity contribution in [2.45, 2.75) is 30.6 Å². The molecule has 7 heteroatoms. The molecule has 0 aliphatic heterocycles. The molecule has 106 valence electrons.